The third-order valence-corrected chi connectivity index (χ3v) is 6.01. The van der Waals surface area contributed by atoms with Crippen molar-refractivity contribution in [1.82, 2.24) is 15.2 Å². The Morgan fingerprint density at radius 1 is 1.24 bits per heavy atom. The Balaban J connectivity index is 0.00000240. The van der Waals surface area contributed by atoms with Crippen molar-refractivity contribution in [2.45, 2.75) is 45.4 Å². The molecule has 1 saturated heterocycles. The molecule has 1 spiro atoms. The van der Waals surface area contributed by atoms with E-state index in [0.717, 1.165) is 43.3 Å². The second-order valence-corrected chi connectivity index (χ2v) is 8.02. The van der Waals surface area contributed by atoms with Gasteiger partial charge in [-0.25, -0.2) is 9.37 Å². The van der Waals surface area contributed by atoms with Crippen molar-refractivity contribution in [3.63, 3.8) is 0 Å². The minimum absolute atomic E-state index is 0. The molecule has 1 aliphatic heterocycles. The average molecular weight is 512 g/mol. The number of oxazole rings is 1. The molecule has 1 aliphatic carbocycles. The van der Waals surface area contributed by atoms with Crippen LogP contribution in [0.1, 0.15) is 44.7 Å². The molecule has 0 unspecified atom stereocenters. The quantitative estimate of drug-likeness (QED) is 0.353. The summed E-state index contributed by atoms with van der Waals surface area (Å²) in [6.45, 7) is 5.90. The number of hydrogen-bond donors (Lipinski definition) is 1. The lowest BCUT2D eigenvalue weighted by Crippen LogP contribution is -2.41. The summed E-state index contributed by atoms with van der Waals surface area (Å²) >= 11 is 0. The van der Waals surface area contributed by atoms with E-state index in [-0.39, 0.29) is 29.8 Å². The molecular formula is C22H30FIN4O. The van der Waals surface area contributed by atoms with Crippen LogP contribution in [-0.4, -0.2) is 42.0 Å². The lowest BCUT2D eigenvalue weighted by molar-refractivity contribution is 0.309. The summed E-state index contributed by atoms with van der Waals surface area (Å²) < 4.78 is 18.6. The van der Waals surface area contributed by atoms with Crippen molar-refractivity contribution in [3.05, 3.63) is 42.0 Å². The highest BCUT2D eigenvalue weighted by Crippen LogP contribution is 2.45. The standard InChI is InChI=1S/C22H29FN4O.HI/c1-2-24-21(27-14-12-22(16-27)10-3-4-11-22)25-13-9-19-15-28-20(26-19)17-5-7-18(23)8-6-17;/h5-8,15H,2-4,9-14,16H2,1H3,(H,24,25);1H. The first-order chi connectivity index (χ1) is 13.7. The Kier molecular flexibility index (Phi) is 7.54. The zero-order valence-electron chi connectivity index (χ0n) is 17.0. The summed E-state index contributed by atoms with van der Waals surface area (Å²) in [7, 11) is 0. The predicted octanol–water partition coefficient (Wildman–Crippen LogP) is 4.87. The number of aromatic nitrogens is 1. The maximum Gasteiger partial charge on any atom is 0.226 e. The average Bonchev–Trinajstić information content (AvgIpc) is 3.45. The molecule has 2 heterocycles. The van der Waals surface area contributed by atoms with Crippen molar-refractivity contribution in [1.29, 1.82) is 0 Å². The number of nitrogens with one attached hydrogen (secondary N) is 1. The maximum absolute atomic E-state index is 13.1. The lowest BCUT2D eigenvalue weighted by Gasteiger charge is -2.25. The van der Waals surface area contributed by atoms with E-state index in [1.54, 1.807) is 18.4 Å². The molecule has 0 bridgehead atoms. The summed E-state index contributed by atoms with van der Waals surface area (Å²) in [5, 5.41) is 3.45. The van der Waals surface area contributed by atoms with Gasteiger partial charge in [-0.1, -0.05) is 12.8 Å². The van der Waals surface area contributed by atoms with E-state index in [1.165, 1.54) is 44.2 Å². The number of benzene rings is 1. The SMILES string of the molecule is CCNC(=NCCc1coc(-c2ccc(F)cc2)n1)N1CCC2(CCCC2)C1.I. The molecule has 4 rings (SSSR count). The van der Waals surface area contributed by atoms with Crippen LogP contribution < -0.4 is 5.32 Å². The summed E-state index contributed by atoms with van der Waals surface area (Å²) in [5.74, 6) is 1.28. The normalized spacial score (nSPS) is 18.3. The number of rotatable bonds is 5. The molecule has 5 nitrogen and oxygen atoms in total. The Hall–Kier alpha value is -1.64. The molecule has 2 aliphatic rings. The zero-order valence-corrected chi connectivity index (χ0v) is 19.3. The van der Waals surface area contributed by atoms with Crippen LogP contribution in [0.3, 0.4) is 0 Å². The van der Waals surface area contributed by atoms with Crippen molar-refractivity contribution >= 4 is 29.9 Å². The molecule has 2 aromatic rings. The van der Waals surface area contributed by atoms with Crippen LogP contribution in [0.4, 0.5) is 4.39 Å². The van der Waals surface area contributed by atoms with Gasteiger partial charge >= 0.3 is 0 Å². The smallest absolute Gasteiger partial charge is 0.226 e. The van der Waals surface area contributed by atoms with E-state index in [0.29, 0.717) is 17.9 Å². The maximum atomic E-state index is 13.1. The summed E-state index contributed by atoms with van der Waals surface area (Å²) in [5.41, 5.74) is 2.18. The molecule has 1 saturated carbocycles. The van der Waals surface area contributed by atoms with Crippen LogP contribution in [0.2, 0.25) is 0 Å². The van der Waals surface area contributed by atoms with Crippen LogP contribution >= 0.6 is 24.0 Å². The Bertz CT molecular complexity index is 814. The summed E-state index contributed by atoms with van der Waals surface area (Å²) in [6.07, 6.45) is 9.18. The van der Waals surface area contributed by atoms with E-state index < -0.39 is 0 Å². The topological polar surface area (TPSA) is 53.7 Å². The first kappa shape index (κ1) is 22.1. The van der Waals surface area contributed by atoms with Crippen LogP contribution in [0.5, 0.6) is 0 Å². The van der Waals surface area contributed by atoms with E-state index in [4.69, 9.17) is 9.41 Å². The largest absolute Gasteiger partial charge is 0.444 e. The van der Waals surface area contributed by atoms with Gasteiger partial charge in [-0.2, -0.15) is 0 Å². The molecule has 1 aromatic heterocycles. The van der Waals surface area contributed by atoms with Gasteiger partial charge in [0.15, 0.2) is 5.96 Å². The molecule has 29 heavy (non-hydrogen) atoms. The van der Waals surface area contributed by atoms with Gasteiger partial charge in [-0.15, -0.1) is 24.0 Å². The Morgan fingerprint density at radius 3 is 2.72 bits per heavy atom. The Labute approximate surface area is 189 Å². The van der Waals surface area contributed by atoms with Gasteiger partial charge in [-0.05, 0) is 55.9 Å². The van der Waals surface area contributed by atoms with Gasteiger partial charge in [0.25, 0.3) is 0 Å². The molecule has 0 atom stereocenters. The van der Waals surface area contributed by atoms with Crippen LogP contribution in [0.25, 0.3) is 11.5 Å². The summed E-state index contributed by atoms with van der Waals surface area (Å²) in [6, 6.07) is 6.19. The highest BCUT2D eigenvalue weighted by atomic mass is 127. The Morgan fingerprint density at radius 2 is 2.00 bits per heavy atom. The lowest BCUT2D eigenvalue weighted by atomic mass is 9.86. The molecule has 0 radical (unpaired) electrons. The third kappa shape index (κ3) is 5.29. The number of hydrogen-bond acceptors (Lipinski definition) is 3. The van der Waals surface area contributed by atoms with Gasteiger partial charge in [0, 0.05) is 38.2 Å². The van der Waals surface area contributed by atoms with Gasteiger partial charge in [-0.3, -0.25) is 4.99 Å². The van der Waals surface area contributed by atoms with Gasteiger partial charge in [0.2, 0.25) is 5.89 Å². The van der Waals surface area contributed by atoms with E-state index >= 15 is 0 Å². The molecule has 7 heteroatoms. The van der Waals surface area contributed by atoms with E-state index in [2.05, 4.69) is 22.1 Å². The van der Waals surface area contributed by atoms with Gasteiger partial charge in [0.05, 0.1) is 5.69 Å². The molecule has 1 N–H and O–H groups in total. The molecule has 158 valence electrons. The minimum Gasteiger partial charge on any atom is -0.444 e. The predicted molar refractivity (Wildman–Crippen MR) is 124 cm³/mol. The minimum atomic E-state index is -0.262. The number of guanidine groups is 1. The monoisotopic (exact) mass is 512 g/mol. The fourth-order valence-electron chi connectivity index (χ4n) is 4.50. The number of nitrogens with zero attached hydrogens (tertiary/aromatic N) is 3. The second-order valence-electron chi connectivity index (χ2n) is 8.02. The van der Waals surface area contributed by atoms with Crippen LogP contribution in [0.15, 0.2) is 39.9 Å². The molecule has 0 amide bonds. The highest BCUT2D eigenvalue weighted by Gasteiger charge is 2.41. The first-order valence-electron chi connectivity index (χ1n) is 10.4. The van der Waals surface area contributed by atoms with E-state index in [9.17, 15) is 4.39 Å². The molecule has 1 aromatic carbocycles. The number of likely N-dealkylation sites (tertiary alicyclic amines) is 1. The van der Waals surface area contributed by atoms with Crippen molar-refractivity contribution in [3.8, 4) is 11.5 Å². The van der Waals surface area contributed by atoms with Crippen molar-refractivity contribution in [2.24, 2.45) is 10.4 Å². The molecule has 2 fully saturated rings. The first-order valence-corrected chi connectivity index (χ1v) is 10.4. The van der Waals surface area contributed by atoms with Crippen molar-refractivity contribution < 1.29 is 8.81 Å². The number of aliphatic imine (C=N–C) groups is 1. The van der Waals surface area contributed by atoms with Gasteiger partial charge in [0.1, 0.15) is 12.1 Å². The zero-order chi connectivity index (χ0) is 19.4. The van der Waals surface area contributed by atoms with Crippen molar-refractivity contribution in [2.75, 3.05) is 26.2 Å². The highest BCUT2D eigenvalue weighted by molar-refractivity contribution is 14.0. The van der Waals surface area contributed by atoms with E-state index in [1.807, 2.05) is 0 Å². The summed E-state index contributed by atoms with van der Waals surface area (Å²) in [4.78, 5) is 11.8. The molecular weight excluding hydrogens is 482 g/mol. The fourth-order valence-corrected chi connectivity index (χ4v) is 4.50. The second kappa shape index (κ2) is 9.91. The van der Waals surface area contributed by atoms with Gasteiger partial charge < -0.3 is 14.6 Å². The van der Waals surface area contributed by atoms with Crippen LogP contribution in [-0.2, 0) is 6.42 Å². The third-order valence-electron chi connectivity index (χ3n) is 6.01. The fraction of sp³-hybridized carbons (Fsp3) is 0.545. The number of halogens is 2. The van der Waals surface area contributed by atoms with Crippen LogP contribution in [0, 0.1) is 11.2 Å².